The number of nitrogens with zero attached hydrogens (tertiary/aromatic N) is 3. The minimum absolute atomic E-state index is 0.00957. The van der Waals surface area contributed by atoms with Crippen molar-refractivity contribution in [1.29, 1.82) is 5.26 Å². The Balaban J connectivity index is 2.18. The number of rotatable bonds is 4. The molecule has 0 aliphatic carbocycles. The Labute approximate surface area is 128 Å². The van der Waals surface area contributed by atoms with Crippen LogP contribution in [0.25, 0.3) is 16.9 Å². The third-order valence-electron chi connectivity index (χ3n) is 3.52. The van der Waals surface area contributed by atoms with Gasteiger partial charge in [-0.05, 0) is 19.1 Å². The minimum atomic E-state index is -0.00957. The number of nitriles is 1. The van der Waals surface area contributed by atoms with Gasteiger partial charge in [-0.1, -0.05) is 29.8 Å². The molecular formula is C17H16N4O. The van der Waals surface area contributed by atoms with Gasteiger partial charge >= 0.3 is 0 Å². The van der Waals surface area contributed by atoms with Gasteiger partial charge in [0.1, 0.15) is 6.07 Å². The average Bonchev–Trinajstić information content (AvgIpc) is 2.92. The molecule has 3 rings (SSSR count). The zero-order valence-electron chi connectivity index (χ0n) is 12.3. The molecule has 0 amide bonds. The predicted octanol–water partition coefficient (Wildman–Crippen LogP) is 2.67. The first kappa shape index (κ1) is 14.1. The quantitative estimate of drug-likeness (QED) is 0.802. The van der Waals surface area contributed by atoms with Gasteiger partial charge in [-0.15, -0.1) is 0 Å². The summed E-state index contributed by atoms with van der Waals surface area (Å²) in [6.45, 7) is 2.40. The smallest absolute Gasteiger partial charge is 0.180 e. The van der Waals surface area contributed by atoms with Gasteiger partial charge in [0.05, 0.1) is 11.4 Å². The van der Waals surface area contributed by atoms with E-state index in [-0.39, 0.29) is 6.61 Å². The van der Waals surface area contributed by atoms with Crippen LogP contribution >= 0.6 is 0 Å². The maximum atomic E-state index is 8.69. The summed E-state index contributed by atoms with van der Waals surface area (Å²) in [7, 11) is 0. The largest absolute Gasteiger partial charge is 0.475 e. The molecule has 1 aromatic carbocycles. The van der Waals surface area contributed by atoms with E-state index in [1.54, 1.807) is 6.07 Å². The SMILES string of the molecule is Cc1ccc(-c2nc3c(OCC#N)cccn3c2CN)cc1. The number of nitrogens with two attached hydrogens (primary N) is 1. The molecule has 0 bridgehead atoms. The molecule has 0 radical (unpaired) electrons. The van der Waals surface area contributed by atoms with E-state index in [0.29, 0.717) is 17.9 Å². The molecule has 5 nitrogen and oxygen atoms in total. The van der Waals surface area contributed by atoms with Crippen molar-refractivity contribution in [2.45, 2.75) is 13.5 Å². The molecule has 2 N–H and O–H groups in total. The van der Waals surface area contributed by atoms with Crippen LogP contribution in [0.4, 0.5) is 0 Å². The van der Waals surface area contributed by atoms with Gasteiger partial charge in [-0.2, -0.15) is 5.26 Å². The first-order valence-electron chi connectivity index (χ1n) is 7.01. The lowest BCUT2D eigenvalue weighted by molar-refractivity contribution is 0.370. The van der Waals surface area contributed by atoms with E-state index in [9.17, 15) is 0 Å². The number of aromatic nitrogens is 2. The molecule has 0 fully saturated rings. The lowest BCUT2D eigenvalue weighted by Gasteiger charge is -2.04. The van der Waals surface area contributed by atoms with E-state index in [1.807, 2.05) is 53.9 Å². The number of hydrogen-bond donors (Lipinski definition) is 1. The van der Waals surface area contributed by atoms with Crippen molar-refractivity contribution in [3.8, 4) is 23.1 Å². The highest BCUT2D eigenvalue weighted by atomic mass is 16.5. The summed E-state index contributed by atoms with van der Waals surface area (Å²) in [5.74, 6) is 0.581. The second-order valence-electron chi connectivity index (χ2n) is 4.99. The fraction of sp³-hybridized carbons (Fsp3) is 0.176. The number of fused-ring (bicyclic) bond motifs is 1. The van der Waals surface area contributed by atoms with E-state index >= 15 is 0 Å². The molecular weight excluding hydrogens is 276 g/mol. The van der Waals surface area contributed by atoms with Gasteiger partial charge in [0, 0.05) is 18.3 Å². The Bertz CT molecular complexity index is 843. The van der Waals surface area contributed by atoms with Gasteiger partial charge in [0.15, 0.2) is 18.0 Å². The molecule has 0 aliphatic heterocycles. The molecule has 0 spiro atoms. The van der Waals surface area contributed by atoms with E-state index in [4.69, 9.17) is 15.7 Å². The summed E-state index contributed by atoms with van der Waals surface area (Å²) in [5.41, 5.74) is 10.6. The molecule has 0 saturated carbocycles. The van der Waals surface area contributed by atoms with Crippen molar-refractivity contribution < 1.29 is 4.74 Å². The Morgan fingerprint density at radius 3 is 2.73 bits per heavy atom. The number of benzene rings is 1. The zero-order valence-corrected chi connectivity index (χ0v) is 12.3. The van der Waals surface area contributed by atoms with Crippen LogP contribution in [0.15, 0.2) is 42.6 Å². The van der Waals surface area contributed by atoms with Crippen LogP contribution in [0, 0.1) is 18.3 Å². The molecule has 2 aromatic heterocycles. The number of imidazole rings is 1. The standard InChI is InChI=1S/C17H16N4O/c1-12-4-6-13(7-5-12)16-14(11-19)21-9-2-3-15(17(21)20-16)22-10-8-18/h2-7,9H,10-11,19H2,1H3. The van der Waals surface area contributed by atoms with E-state index in [2.05, 4.69) is 4.98 Å². The highest BCUT2D eigenvalue weighted by Gasteiger charge is 2.15. The van der Waals surface area contributed by atoms with Crippen molar-refractivity contribution in [2.75, 3.05) is 6.61 Å². The Morgan fingerprint density at radius 1 is 1.27 bits per heavy atom. The van der Waals surface area contributed by atoms with Crippen LogP contribution in [0.3, 0.4) is 0 Å². The van der Waals surface area contributed by atoms with E-state index in [0.717, 1.165) is 17.0 Å². The van der Waals surface area contributed by atoms with Crippen LogP contribution in [0.5, 0.6) is 5.75 Å². The third kappa shape index (κ3) is 2.41. The molecule has 0 unspecified atom stereocenters. The van der Waals surface area contributed by atoms with Gasteiger partial charge < -0.3 is 10.5 Å². The van der Waals surface area contributed by atoms with Crippen molar-refractivity contribution >= 4 is 5.65 Å². The monoisotopic (exact) mass is 292 g/mol. The van der Waals surface area contributed by atoms with Gasteiger partial charge in [0.2, 0.25) is 0 Å². The molecule has 2 heterocycles. The Morgan fingerprint density at radius 2 is 2.05 bits per heavy atom. The van der Waals surface area contributed by atoms with Crippen molar-refractivity contribution in [3.05, 3.63) is 53.9 Å². The molecule has 5 heteroatoms. The Kier molecular flexibility index (Phi) is 3.77. The number of ether oxygens (including phenoxy) is 1. The first-order chi connectivity index (χ1) is 10.7. The predicted molar refractivity (Wildman–Crippen MR) is 84.4 cm³/mol. The molecule has 22 heavy (non-hydrogen) atoms. The summed E-state index contributed by atoms with van der Waals surface area (Å²) < 4.78 is 7.37. The summed E-state index contributed by atoms with van der Waals surface area (Å²) in [5, 5.41) is 8.69. The van der Waals surface area contributed by atoms with Crippen LogP contribution < -0.4 is 10.5 Å². The highest BCUT2D eigenvalue weighted by Crippen LogP contribution is 2.28. The van der Waals surface area contributed by atoms with E-state index in [1.165, 1.54) is 5.56 Å². The van der Waals surface area contributed by atoms with Gasteiger partial charge in [-0.3, -0.25) is 4.40 Å². The highest BCUT2D eigenvalue weighted by molar-refractivity contribution is 5.69. The Hall–Kier alpha value is -2.84. The summed E-state index contributed by atoms with van der Waals surface area (Å²) in [6, 6.07) is 13.8. The minimum Gasteiger partial charge on any atom is -0.475 e. The lowest BCUT2D eigenvalue weighted by Crippen LogP contribution is -2.03. The van der Waals surface area contributed by atoms with Gasteiger partial charge in [-0.25, -0.2) is 4.98 Å². The van der Waals surface area contributed by atoms with Crippen molar-refractivity contribution in [2.24, 2.45) is 5.73 Å². The molecule has 0 atom stereocenters. The number of pyridine rings is 1. The van der Waals surface area contributed by atoms with Crippen molar-refractivity contribution in [1.82, 2.24) is 9.38 Å². The molecule has 0 aliphatic rings. The fourth-order valence-corrected chi connectivity index (χ4v) is 2.45. The normalized spacial score (nSPS) is 10.6. The topological polar surface area (TPSA) is 76.3 Å². The van der Waals surface area contributed by atoms with Crippen LogP contribution in [0.2, 0.25) is 0 Å². The van der Waals surface area contributed by atoms with Crippen LogP contribution in [0.1, 0.15) is 11.3 Å². The molecule has 0 saturated heterocycles. The zero-order chi connectivity index (χ0) is 15.5. The second kappa shape index (κ2) is 5.88. The average molecular weight is 292 g/mol. The number of hydrogen-bond acceptors (Lipinski definition) is 4. The van der Waals surface area contributed by atoms with E-state index < -0.39 is 0 Å². The van der Waals surface area contributed by atoms with Crippen LogP contribution in [-0.4, -0.2) is 16.0 Å². The number of aryl methyl sites for hydroxylation is 1. The molecule has 3 aromatic rings. The lowest BCUT2D eigenvalue weighted by atomic mass is 10.1. The summed E-state index contributed by atoms with van der Waals surface area (Å²) in [6.07, 6.45) is 1.90. The maximum absolute atomic E-state index is 8.69. The fourth-order valence-electron chi connectivity index (χ4n) is 2.45. The second-order valence-corrected chi connectivity index (χ2v) is 4.99. The van der Waals surface area contributed by atoms with Gasteiger partial charge in [0.25, 0.3) is 0 Å². The molecule has 110 valence electrons. The third-order valence-corrected chi connectivity index (χ3v) is 3.52. The van der Waals surface area contributed by atoms with Crippen molar-refractivity contribution in [3.63, 3.8) is 0 Å². The first-order valence-corrected chi connectivity index (χ1v) is 7.01. The van der Waals surface area contributed by atoms with Crippen LogP contribution in [-0.2, 0) is 6.54 Å². The summed E-state index contributed by atoms with van der Waals surface area (Å²) >= 11 is 0. The maximum Gasteiger partial charge on any atom is 0.180 e. The summed E-state index contributed by atoms with van der Waals surface area (Å²) in [4.78, 5) is 4.68.